The van der Waals surface area contributed by atoms with Crippen molar-refractivity contribution in [3.63, 3.8) is 0 Å². The number of phenols is 1. The lowest BCUT2D eigenvalue weighted by Crippen LogP contribution is -2.21. The monoisotopic (exact) mass is 1110 g/mol. The number of aromatic hydroxyl groups is 1. The topological polar surface area (TPSA) is 275 Å². The van der Waals surface area contributed by atoms with Crippen molar-refractivity contribution in [3.05, 3.63) is 257 Å². The van der Waals surface area contributed by atoms with Gasteiger partial charge in [0.25, 0.3) is 11.8 Å². The second kappa shape index (κ2) is 29.7. The normalized spacial score (nSPS) is 12.0. The molecule has 3 aliphatic carbocycles. The first-order valence-corrected chi connectivity index (χ1v) is 25.0. The van der Waals surface area contributed by atoms with E-state index in [0.29, 0.717) is 62.0 Å². The van der Waals surface area contributed by atoms with Crippen molar-refractivity contribution < 1.29 is 68.3 Å². The Morgan fingerprint density at radius 3 is 1.46 bits per heavy atom. The minimum atomic E-state index is -1.00. The number of hydrogen-bond donors (Lipinski definition) is 4. The minimum Gasteiger partial charge on any atom is -0.507 e. The van der Waals surface area contributed by atoms with E-state index in [4.69, 9.17) is 30.9 Å². The number of rotatable bonds is 3. The van der Waals surface area contributed by atoms with Crippen LogP contribution in [0.1, 0.15) is 87.9 Å². The van der Waals surface area contributed by atoms with Crippen LogP contribution in [-0.4, -0.2) is 86.0 Å². The number of Topliss-reactive ketones (excluding diaryl/α,β-unsaturated/α-hetero) is 3. The molecule has 0 saturated carbocycles. The lowest BCUT2D eigenvalue weighted by molar-refractivity contribution is -0.134. The molecule has 0 unspecified atom stereocenters. The number of hydrogen-bond acceptors (Lipinski definition) is 15. The smallest absolute Gasteiger partial charge is 0.300 e. The molecule has 17 heteroatoms. The number of aldehydes is 1. The molecule has 0 radical (unpaired) electrons. The summed E-state index contributed by atoms with van der Waals surface area (Å²) in [4.78, 5) is 97.1. The maximum absolute atomic E-state index is 12.2. The average molecular weight is 1120 g/mol. The first-order valence-electron chi connectivity index (χ1n) is 25.8. The molecule has 0 saturated heterocycles. The number of carbonyl (C=O) groups is 8. The summed E-state index contributed by atoms with van der Waals surface area (Å²) in [6, 6.07) is 57.8. The van der Waals surface area contributed by atoms with Crippen LogP contribution in [0.3, 0.4) is 0 Å². The fourth-order valence-corrected chi connectivity index (χ4v) is 8.02. The van der Waals surface area contributed by atoms with Gasteiger partial charge in [-0.25, -0.2) is 9.97 Å². The fourth-order valence-electron chi connectivity index (χ4n) is 8.02. The number of ketones is 6. The summed E-state index contributed by atoms with van der Waals surface area (Å²) in [5, 5.41) is 26.7. The molecule has 16 nitrogen and oxygen atoms in total. The van der Waals surface area contributed by atoms with E-state index < -0.39 is 24.7 Å². The van der Waals surface area contributed by atoms with Crippen molar-refractivity contribution in [2.75, 3.05) is 13.8 Å². The van der Waals surface area contributed by atoms with E-state index in [1.807, 2.05) is 103 Å². The Hall–Kier alpha value is -11.2. The third-order valence-electron chi connectivity index (χ3n) is 11.6. The van der Waals surface area contributed by atoms with Gasteiger partial charge in [0.2, 0.25) is 23.3 Å². The van der Waals surface area contributed by atoms with Crippen LogP contribution < -0.4 is 5.73 Å². The number of alkyl halides is 1. The number of aliphatic carboxylic acids is 1. The molecule has 0 fully saturated rings. The summed E-state index contributed by atoms with van der Waals surface area (Å²) in [6.07, 6.45) is 4.62. The molecular weight excluding hydrogens is 1060 g/mol. The van der Waals surface area contributed by atoms with Gasteiger partial charge in [0.05, 0.1) is 14.2 Å². The SMILES string of the molecule is CC(=O)O.CCO.NC1=CC(=O)c2ccccc2C1=O.O=C1C(=O)c2nc(-c3ccccc3)oc2-c2ccccc21.O=C1C=CC(=O)c2ccccc21.O=Cc1ccccc1.Oc1cc2nc(-c3ccccc3)oc2c2ccccc12.[2H]CF. The highest BCUT2D eigenvalue weighted by atomic mass is 19.1. The number of carbonyl (C=O) groups excluding carboxylic acids is 7. The van der Waals surface area contributed by atoms with Gasteiger partial charge < -0.3 is 29.9 Å². The van der Waals surface area contributed by atoms with E-state index in [1.165, 1.54) is 18.2 Å². The van der Waals surface area contributed by atoms with Crippen molar-refractivity contribution >= 4 is 68.8 Å². The van der Waals surface area contributed by atoms with E-state index >= 15 is 0 Å². The van der Waals surface area contributed by atoms with Gasteiger partial charge in [-0.15, -0.1) is 0 Å². The highest BCUT2D eigenvalue weighted by Gasteiger charge is 2.35. The van der Waals surface area contributed by atoms with Crippen LogP contribution in [0.15, 0.2) is 227 Å². The zero-order valence-corrected chi connectivity index (χ0v) is 44.5. The van der Waals surface area contributed by atoms with E-state index in [-0.39, 0.29) is 46.9 Å². The molecule has 83 heavy (non-hydrogen) atoms. The van der Waals surface area contributed by atoms with Crippen LogP contribution in [-0.2, 0) is 4.79 Å². The molecule has 416 valence electrons. The molecule has 8 aromatic carbocycles. The number of nitrogens with two attached hydrogens (primary N) is 1. The molecular formula is C66H52FN3O13. The van der Waals surface area contributed by atoms with Crippen molar-refractivity contribution in [2.45, 2.75) is 13.8 Å². The first kappa shape index (κ1) is 59.5. The molecule has 10 aromatic rings. The van der Waals surface area contributed by atoms with Gasteiger partial charge in [0.1, 0.15) is 17.6 Å². The lowest BCUT2D eigenvalue weighted by Gasteiger charge is -2.10. The number of phenolic OH excluding ortho intramolecular Hbond substituents is 1. The summed E-state index contributed by atoms with van der Waals surface area (Å²) in [6.45, 7) is 3.01. The molecule has 0 atom stereocenters. The highest BCUT2D eigenvalue weighted by Crippen LogP contribution is 2.37. The number of halogens is 1. The highest BCUT2D eigenvalue weighted by molar-refractivity contribution is 6.52. The largest absolute Gasteiger partial charge is 0.507 e. The number of carboxylic acids is 1. The van der Waals surface area contributed by atoms with Crippen molar-refractivity contribution in [1.82, 2.24) is 9.97 Å². The summed E-state index contributed by atoms with van der Waals surface area (Å²) >= 11 is 0. The van der Waals surface area contributed by atoms with Gasteiger partial charge in [-0.05, 0) is 43.3 Å². The first-order chi connectivity index (χ1) is 40.6. The Labute approximate surface area is 475 Å². The molecule has 5 N–H and O–H groups in total. The molecule has 0 spiro atoms. The Bertz CT molecular complexity index is 4020. The number of aliphatic hydroxyl groups is 1. The number of fused-ring (bicyclic) bond motifs is 8. The number of carboxylic acid groups (broad SMARTS) is 1. The van der Waals surface area contributed by atoms with Crippen LogP contribution in [0.4, 0.5) is 4.39 Å². The van der Waals surface area contributed by atoms with Gasteiger partial charge in [-0.1, -0.05) is 164 Å². The quantitative estimate of drug-likeness (QED) is 0.0945. The molecule has 0 bridgehead atoms. The predicted molar refractivity (Wildman–Crippen MR) is 311 cm³/mol. The average Bonchev–Trinajstić information content (AvgIpc) is 3.00. The molecule has 2 heterocycles. The minimum absolute atomic E-state index is 0.0173. The summed E-state index contributed by atoms with van der Waals surface area (Å²) in [5.41, 5.74) is 12.1. The fraction of sp³-hybridized carbons (Fsp3) is 0.0606. The van der Waals surface area contributed by atoms with Gasteiger partial charge in [0, 0.05) is 86.5 Å². The summed E-state index contributed by atoms with van der Waals surface area (Å²) < 4.78 is 27.2. The zero-order valence-electron chi connectivity index (χ0n) is 45.5. The van der Waals surface area contributed by atoms with Crippen molar-refractivity contribution in [1.29, 1.82) is 0 Å². The van der Waals surface area contributed by atoms with E-state index in [2.05, 4.69) is 9.97 Å². The van der Waals surface area contributed by atoms with Gasteiger partial charge in [0.15, 0.2) is 34.4 Å². The lowest BCUT2D eigenvalue weighted by atomic mass is 9.91. The Morgan fingerprint density at radius 2 is 0.976 bits per heavy atom. The zero-order chi connectivity index (χ0) is 60.7. The number of nitrogens with zero attached hydrogens (tertiary/aromatic N) is 2. The second-order valence-corrected chi connectivity index (χ2v) is 17.3. The molecule has 13 rings (SSSR count). The maximum Gasteiger partial charge on any atom is 0.300 e. The van der Waals surface area contributed by atoms with E-state index in [1.54, 1.807) is 97.9 Å². The summed E-state index contributed by atoms with van der Waals surface area (Å²) in [5.74, 6) is -1.14. The predicted octanol–water partition coefficient (Wildman–Crippen LogP) is 12.4. The van der Waals surface area contributed by atoms with Crippen LogP contribution in [0.2, 0.25) is 0 Å². The maximum atomic E-state index is 12.2. The van der Waals surface area contributed by atoms with Gasteiger partial charge >= 0.3 is 0 Å². The summed E-state index contributed by atoms with van der Waals surface area (Å²) in [7, 11) is -1.00. The number of allylic oxidation sites excluding steroid dienone is 4. The third kappa shape index (κ3) is 15.4. The Kier molecular flexibility index (Phi) is 21.3. The Morgan fingerprint density at radius 1 is 0.578 bits per heavy atom. The number of aromatic nitrogens is 2. The number of oxazole rings is 2. The van der Waals surface area contributed by atoms with Crippen molar-refractivity contribution in [2.24, 2.45) is 5.73 Å². The Balaban J connectivity index is 0.000000167. The van der Waals surface area contributed by atoms with Crippen LogP contribution in [0, 0.1) is 0 Å². The van der Waals surface area contributed by atoms with Gasteiger partial charge in [-0.3, -0.25) is 42.7 Å². The standard InChI is InChI=1S/C17H9NO3.C17H11NO2.C10H7NO2.C10H6O2.C7H6O.C2H4O2.C2H6O.CH3F/c19-14-11-8-4-5-9-12(11)16-13(15(14)20)18-17(21-16)10-6-2-1-3-7-10;19-15-10-14-16(13-9-5-4-8-12(13)15)20-17(18-14)11-6-2-1-3-7-11;11-8-5-9(12)6-3-1-2-4-7(6)10(8)13;11-9-5-6-10(12)8-4-2-1-3-7(8)9;8-6-7-4-2-1-3-5-7;1-2(3)4;1-2-3;1-2/h1-9H;1-10,19H;1-5H,11H2;1-6H;1-6H;1H3,(H,3,4);3H,2H2,1H3;1H3/i;;;;;;;1D. The third-order valence-corrected chi connectivity index (χ3v) is 11.6. The van der Waals surface area contributed by atoms with Crippen LogP contribution in [0.25, 0.3) is 56.1 Å². The van der Waals surface area contributed by atoms with Crippen molar-refractivity contribution in [3.8, 4) is 40.0 Å². The molecule has 3 aliphatic rings. The number of benzene rings is 8. The van der Waals surface area contributed by atoms with Gasteiger partial charge in [-0.2, -0.15) is 0 Å². The van der Waals surface area contributed by atoms with E-state index in [0.717, 1.165) is 40.7 Å². The number of aliphatic hydroxyl groups excluding tert-OH is 1. The molecule has 2 aromatic heterocycles. The van der Waals surface area contributed by atoms with E-state index in [9.17, 15) is 43.1 Å². The molecule has 0 amide bonds. The van der Waals surface area contributed by atoms with Crippen LogP contribution in [0.5, 0.6) is 5.75 Å². The second-order valence-electron chi connectivity index (χ2n) is 17.3. The molecule has 0 aliphatic heterocycles. The van der Waals surface area contributed by atoms with Crippen LogP contribution >= 0.6 is 0 Å².